The van der Waals surface area contributed by atoms with E-state index in [1.807, 2.05) is 11.5 Å². The van der Waals surface area contributed by atoms with Crippen LogP contribution in [-0.4, -0.2) is 39.3 Å². The van der Waals surface area contributed by atoms with E-state index in [2.05, 4.69) is 10.0 Å². The molecule has 1 aromatic heterocycles. The van der Waals surface area contributed by atoms with Crippen molar-refractivity contribution in [3.63, 3.8) is 0 Å². The van der Waals surface area contributed by atoms with Crippen molar-refractivity contribution in [3.8, 4) is 0 Å². The summed E-state index contributed by atoms with van der Waals surface area (Å²) in [6.07, 6.45) is 4.82. The molecule has 1 aliphatic carbocycles. The maximum atomic E-state index is 12.2. The zero-order chi connectivity index (χ0) is 15.3. The molecule has 0 saturated heterocycles. The molecule has 1 aliphatic rings. The number of nitrogens with zero attached hydrogens (tertiary/aromatic N) is 1. The summed E-state index contributed by atoms with van der Waals surface area (Å²) in [5.41, 5.74) is 1.02. The second-order valence-corrected chi connectivity index (χ2v) is 7.12. The first-order valence-electron chi connectivity index (χ1n) is 7.48. The SMILES string of the molecule is CCn1cc(S(=O)(=O)NCCCOC)cc1CNC1CC1. The van der Waals surface area contributed by atoms with Gasteiger partial charge in [0, 0.05) is 51.3 Å². The number of ether oxygens (including phenoxy) is 1. The summed E-state index contributed by atoms with van der Waals surface area (Å²) in [6, 6.07) is 2.37. The first kappa shape index (κ1) is 16.5. The van der Waals surface area contributed by atoms with Gasteiger partial charge >= 0.3 is 0 Å². The summed E-state index contributed by atoms with van der Waals surface area (Å²) < 4.78 is 34.0. The third-order valence-corrected chi connectivity index (χ3v) is 5.01. The zero-order valence-corrected chi connectivity index (χ0v) is 13.6. The Morgan fingerprint density at radius 2 is 2.19 bits per heavy atom. The summed E-state index contributed by atoms with van der Waals surface area (Å²) >= 11 is 0. The van der Waals surface area contributed by atoms with Gasteiger partial charge in [-0.3, -0.25) is 0 Å². The minimum absolute atomic E-state index is 0.342. The molecule has 0 atom stereocenters. The van der Waals surface area contributed by atoms with Crippen LogP contribution in [0, 0.1) is 0 Å². The van der Waals surface area contributed by atoms with E-state index in [1.165, 1.54) is 12.8 Å². The van der Waals surface area contributed by atoms with Crippen molar-refractivity contribution in [2.24, 2.45) is 0 Å². The van der Waals surface area contributed by atoms with Gasteiger partial charge in [0.2, 0.25) is 10.0 Å². The van der Waals surface area contributed by atoms with E-state index in [-0.39, 0.29) is 0 Å². The van der Waals surface area contributed by atoms with Gasteiger partial charge in [0.1, 0.15) is 0 Å². The van der Waals surface area contributed by atoms with Gasteiger partial charge in [0.05, 0.1) is 4.90 Å². The Balaban J connectivity index is 1.99. The molecule has 7 heteroatoms. The van der Waals surface area contributed by atoms with Crippen molar-refractivity contribution >= 4 is 10.0 Å². The predicted octanol–water partition coefficient (Wildman–Crippen LogP) is 1.07. The minimum Gasteiger partial charge on any atom is -0.385 e. The van der Waals surface area contributed by atoms with Crippen LogP contribution < -0.4 is 10.0 Å². The molecule has 2 rings (SSSR count). The van der Waals surface area contributed by atoms with Gasteiger partial charge in [0.25, 0.3) is 0 Å². The molecular formula is C14H25N3O3S. The van der Waals surface area contributed by atoms with E-state index in [4.69, 9.17) is 4.74 Å². The molecule has 0 aliphatic heterocycles. The first-order chi connectivity index (χ1) is 10.1. The lowest BCUT2D eigenvalue weighted by Crippen LogP contribution is -2.25. The molecule has 1 aromatic rings. The van der Waals surface area contributed by atoms with Gasteiger partial charge in [-0.1, -0.05) is 0 Å². The molecule has 0 spiro atoms. The molecule has 21 heavy (non-hydrogen) atoms. The van der Waals surface area contributed by atoms with Crippen LogP contribution in [0.3, 0.4) is 0 Å². The number of hydrogen-bond donors (Lipinski definition) is 2. The maximum absolute atomic E-state index is 12.2. The molecule has 2 N–H and O–H groups in total. The Hall–Kier alpha value is -0.890. The summed E-state index contributed by atoms with van der Waals surface area (Å²) in [5.74, 6) is 0. The fourth-order valence-corrected chi connectivity index (χ4v) is 3.29. The topological polar surface area (TPSA) is 72.4 Å². The predicted molar refractivity (Wildman–Crippen MR) is 81.6 cm³/mol. The highest BCUT2D eigenvalue weighted by Gasteiger charge is 2.22. The summed E-state index contributed by atoms with van der Waals surface area (Å²) in [6.45, 7) is 4.44. The lowest BCUT2D eigenvalue weighted by molar-refractivity contribution is 0.196. The number of methoxy groups -OCH3 is 1. The number of hydrogen-bond acceptors (Lipinski definition) is 4. The van der Waals surface area contributed by atoms with Crippen molar-refractivity contribution in [2.45, 2.75) is 50.2 Å². The van der Waals surface area contributed by atoms with Gasteiger partial charge in [-0.2, -0.15) is 0 Å². The van der Waals surface area contributed by atoms with Crippen molar-refractivity contribution in [1.29, 1.82) is 0 Å². The van der Waals surface area contributed by atoms with E-state index >= 15 is 0 Å². The Kier molecular flexibility index (Phi) is 5.80. The van der Waals surface area contributed by atoms with Gasteiger partial charge < -0.3 is 14.6 Å². The molecule has 120 valence electrons. The number of aromatic nitrogens is 1. The maximum Gasteiger partial charge on any atom is 0.242 e. The highest BCUT2D eigenvalue weighted by atomic mass is 32.2. The highest BCUT2D eigenvalue weighted by Crippen LogP contribution is 2.20. The van der Waals surface area contributed by atoms with E-state index in [0.29, 0.717) is 30.5 Å². The summed E-state index contributed by atoms with van der Waals surface area (Å²) in [5, 5.41) is 3.42. The van der Waals surface area contributed by atoms with Crippen LogP contribution in [0.2, 0.25) is 0 Å². The van der Waals surface area contributed by atoms with Crippen LogP contribution in [-0.2, 0) is 27.8 Å². The van der Waals surface area contributed by atoms with Gasteiger partial charge in [-0.15, -0.1) is 0 Å². The number of nitrogens with one attached hydrogen (secondary N) is 2. The second kappa shape index (κ2) is 7.40. The Bertz CT molecular complexity index is 550. The molecular weight excluding hydrogens is 290 g/mol. The molecule has 0 radical (unpaired) electrons. The van der Waals surface area contributed by atoms with Crippen LogP contribution in [0.15, 0.2) is 17.2 Å². The van der Waals surface area contributed by atoms with Crippen LogP contribution >= 0.6 is 0 Å². The minimum atomic E-state index is -3.43. The zero-order valence-electron chi connectivity index (χ0n) is 12.8. The normalized spacial score (nSPS) is 15.5. The summed E-state index contributed by atoms with van der Waals surface area (Å²) in [7, 11) is -1.82. The van der Waals surface area contributed by atoms with E-state index in [9.17, 15) is 8.42 Å². The molecule has 1 heterocycles. The fourth-order valence-electron chi connectivity index (χ4n) is 2.16. The average molecular weight is 315 g/mol. The second-order valence-electron chi connectivity index (χ2n) is 5.35. The lowest BCUT2D eigenvalue weighted by Gasteiger charge is -2.06. The number of rotatable bonds is 10. The van der Waals surface area contributed by atoms with Gasteiger partial charge in [0.15, 0.2) is 0 Å². The average Bonchev–Trinajstić information content (AvgIpc) is 3.19. The van der Waals surface area contributed by atoms with E-state index < -0.39 is 10.0 Å². The van der Waals surface area contributed by atoms with Crippen molar-refractivity contribution in [3.05, 3.63) is 18.0 Å². The summed E-state index contributed by atoms with van der Waals surface area (Å²) in [4.78, 5) is 0.342. The molecule has 6 nitrogen and oxygen atoms in total. The number of aryl methyl sites for hydroxylation is 1. The molecule has 1 saturated carbocycles. The third kappa shape index (κ3) is 4.81. The molecule has 0 amide bonds. The molecule has 0 unspecified atom stereocenters. The molecule has 0 bridgehead atoms. The molecule has 0 aromatic carbocycles. The van der Waals surface area contributed by atoms with Crippen LogP contribution in [0.1, 0.15) is 31.9 Å². The van der Waals surface area contributed by atoms with Crippen LogP contribution in [0.25, 0.3) is 0 Å². The molecule has 1 fully saturated rings. The van der Waals surface area contributed by atoms with Gasteiger partial charge in [-0.05, 0) is 32.3 Å². The van der Waals surface area contributed by atoms with Crippen molar-refractivity contribution in [2.75, 3.05) is 20.3 Å². The standard InChI is InChI=1S/C14H25N3O3S/c1-3-17-11-14(9-13(17)10-15-12-5-6-12)21(18,19)16-7-4-8-20-2/h9,11-12,15-16H,3-8,10H2,1-2H3. The van der Waals surface area contributed by atoms with Crippen molar-refractivity contribution in [1.82, 2.24) is 14.6 Å². The largest absolute Gasteiger partial charge is 0.385 e. The smallest absolute Gasteiger partial charge is 0.242 e. The van der Waals surface area contributed by atoms with Crippen LogP contribution in [0.4, 0.5) is 0 Å². The fraction of sp³-hybridized carbons (Fsp3) is 0.714. The quantitative estimate of drug-likeness (QED) is 0.634. The first-order valence-corrected chi connectivity index (χ1v) is 8.96. The Morgan fingerprint density at radius 1 is 1.43 bits per heavy atom. The highest BCUT2D eigenvalue weighted by molar-refractivity contribution is 7.89. The monoisotopic (exact) mass is 315 g/mol. The van der Waals surface area contributed by atoms with E-state index in [0.717, 1.165) is 18.8 Å². The third-order valence-electron chi connectivity index (χ3n) is 3.58. The van der Waals surface area contributed by atoms with Crippen LogP contribution in [0.5, 0.6) is 0 Å². The Morgan fingerprint density at radius 3 is 2.81 bits per heavy atom. The van der Waals surface area contributed by atoms with E-state index in [1.54, 1.807) is 19.4 Å². The number of sulfonamides is 1. The lowest BCUT2D eigenvalue weighted by atomic mass is 10.4. The Labute approximate surface area is 126 Å². The van der Waals surface area contributed by atoms with Crippen molar-refractivity contribution < 1.29 is 13.2 Å². The van der Waals surface area contributed by atoms with Gasteiger partial charge in [-0.25, -0.2) is 13.1 Å².